The van der Waals surface area contributed by atoms with E-state index in [0.29, 0.717) is 13.1 Å². The third-order valence-electron chi connectivity index (χ3n) is 2.46. The van der Waals surface area contributed by atoms with Gasteiger partial charge in [0.1, 0.15) is 0 Å². The summed E-state index contributed by atoms with van der Waals surface area (Å²) in [4.78, 5) is 13.5. The van der Waals surface area contributed by atoms with E-state index < -0.39 is 0 Å². The highest BCUT2D eigenvalue weighted by atomic mass is 16.3. The van der Waals surface area contributed by atoms with E-state index in [9.17, 15) is 9.90 Å². The molecule has 1 atom stereocenters. The molecule has 0 bridgehead atoms. The van der Waals surface area contributed by atoms with Crippen LogP contribution in [0.15, 0.2) is 0 Å². The Bertz CT molecular complexity index is 208. The van der Waals surface area contributed by atoms with Crippen LogP contribution < -0.4 is 5.32 Å². The summed E-state index contributed by atoms with van der Waals surface area (Å²) in [5.74, 6) is 0. The Kier molecular flexibility index (Phi) is 6.41. The Morgan fingerprint density at radius 3 is 2.12 bits per heavy atom. The van der Waals surface area contributed by atoms with Crippen molar-refractivity contribution in [3.05, 3.63) is 0 Å². The van der Waals surface area contributed by atoms with Crippen molar-refractivity contribution in [3.8, 4) is 0 Å². The quantitative estimate of drug-likeness (QED) is 0.757. The summed E-state index contributed by atoms with van der Waals surface area (Å²) in [7, 11) is 0. The number of nitrogens with one attached hydrogen (secondary N) is 1. The van der Waals surface area contributed by atoms with E-state index in [1.807, 2.05) is 13.8 Å². The van der Waals surface area contributed by atoms with E-state index in [0.717, 1.165) is 6.42 Å². The van der Waals surface area contributed by atoms with Crippen LogP contribution in [0.25, 0.3) is 0 Å². The second-order valence-corrected chi connectivity index (χ2v) is 5.27. The second kappa shape index (κ2) is 6.74. The molecule has 2 amide bonds. The molecule has 16 heavy (non-hydrogen) atoms. The molecule has 0 aliphatic rings. The number of rotatable bonds is 5. The van der Waals surface area contributed by atoms with Crippen molar-refractivity contribution < 1.29 is 9.90 Å². The van der Waals surface area contributed by atoms with E-state index in [2.05, 4.69) is 26.1 Å². The Hall–Kier alpha value is -0.770. The third-order valence-corrected chi connectivity index (χ3v) is 2.46. The number of carbonyl (C=O) groups excluding carboxylic acids is 1. The zero-order valence-corrected chi connectivity index (χ0v) is 11.2. The smallest absolute Gasteiger partial charge is 0.317 e. The maximum Gasteiger partial charge on any atom is 0.317 e. The van der Waals surface area contributed by atoms with E-state index >= 15 is 0 Å². The lowest BCUT2D eigenvalue weighted by Gasteiger charge is -2.28. The van der Waals surface area contributed by atoms with E-state index in [4.69, 9.17) is 0 Å². The molecular weight excluding hydrogens is 204 g/mol. The van der Waals surface area contributed by atoms with Gasteiger partial charge >= 0.3 is 6.03 Å². The van der Waals surface area contributed by atoms with Crippen molar-refractivity contribution in [1.82, 2.24) is 10.2 Å². The number of carbonyl (C=O) groups is 1. The predicted molar refractivity (Wildman–Crippen MR) is 66.4 cm³/mol. The van der Waals surface area contributed by atoms with E-state index in [1.54, 1.807) is 4.90 Å². The minimum Gasteiger partial charge on any atom is -0.394 e. The van der Waals surface area contributed by atoms with Crippen LogP contribution in [0, 0.1) is 5.41 Å². The lowest BCUT2D eigenvalue weighted by molar-refractivity contribution is 0.170. The maximum absolute atomic E-state index is 11.8. The molecule has 0 aromatic heterocycles. The van der Waals surface area contributed by atoms with Crippen LogP contribution in [0.5, 0.6) is 0 Å². The first-order valence-corrected chi connectivity index (χ1v) is 6.00. The molecule has 0 aromatic carbocycles. The summed E-state index contributed by atoms with van der Waals surface area (Å²) in [6.45, 7) is 11.6. The number of hydrogen-bond acceptors (Lipinski definition) is 2. The van der Waals surface area contributed by atoms with Gasteiger partial charge in [-0.15, -0.1) is 0 Å². The number of amides is 2. The highest BCUT2D eigenvalue weighted by Gasteiger charge is 2.21. The fourth-order valence-corrected chi connectivity index (χ4v) is 1.68. The molecular formula is C12H26N2O2. The number of nitrogens with zero attached hydrogens (tertiary/aromatic N) is 1. The van der Waals surface area contributed by atoms with Crippen LogP contribution in [-0.2, 0) is 0 Å². The monoisotopic (exact) mass is 230 g/mol. The van der Waals surface area contributed by atoms with Gasteiger partial charge in [-0.3, -0.25) is 0 Å². The fourth-order valence-electron chi connectivity index (χ4n) is 1.68. The standard InChI is InChI=1S/C12H26N2O2/c1-6-14(7-2)11(16)13-10(9-15)8-12(3,4)5/h10,15H,6-9H2,1-5H3,(H,13,16). The molecule has 0 fully saturated rings. The zero-order chi connectivity index (χ0) is 12.8. The minimum absolute atomic E-state index is 0.00964. The van der Waals surface area contributed by atoms with Gasteiger partial charge in [0.25, 0.3) is 0 Å². The molecule has 0 rings (SSSR count). The highest BCUT2D eigenvalue weighted by molar-refractivity contribution is 5.74. The zero-order valence-electron chi connectivity index (χ0n) is 11.2. The molecule has 4 heteroatoms. The summed E-state index contributed by atoms with van der Waals surface area (Å²) in [6.07, 6.45) is 0.774. The number of aliphatic hydroxyl groups is 1. The Morgan fingerprint density at radius 2 is 1.81 bits per heavy atom. The Labute approximate surface area is 99.0 Å². The Balaban J connectivity index is 4.26. The molecule has 0 aromatic rings. The average molecular weight is 230 g/mol. The van der Waals surface area contributed by atoms with E-state index in [1.165, 1.54) is 0 Å². The fraction of sp³-hybridized carbons (Fsp3) is 0.917. The summed E-state index contributed by atoms with van der Waals surface area (Å²) in [6, 6.07) is -0.249. The first kappa shape index (κ1) is 15.2. The molecule has 4 nitrogen and oxygen atoms in total. The molecule has 0 saturated carbocycles. The molecule has 96 valence electrons. The van der Waals surface area contributed by atoms with Gasteiger partial charge in [0.15, 0.2) is 0 Å². The van der Waals surface area contributed by atoms with Gasteiger partial charge in [-0.2, -0.15) is 0 Å². The van der Waals surface area contributed by atoms with Crippen molar-refractivity contribution in [2.24, 2.45) is 5.41 Å². The van der Waals surface area contributed by atoms with Crippen LogP contribution in [-0.4, -0.2) is 41.8 Å². The molecule has 0 radical (unpaired) electrons. The van der Waals surface area contributed by atoms with Gasteiger partial charge in [-0.05, 0) is 25.7 Å². The molecule has 0 aliphatic carbocycles. The number of aliphatic hydroxyl groups excluding tert-OH is 1. The summed E-state index contributed by atoms with van der Waals surface area (Å²) < 4.78 is 0. The summed E-state index contributed by atoms with van der Waals surface area (Å²) in [5.41, 5.74) is 0.101. The topological polar surface area (TPSA) is 52.6 Å². The van der Waals surface area contributed by atoms with Gasteiger partial charge in [0, 0.05) is 13.1 Å². The van der Waals surface area contributed by atoms with Gasteiger partial charge < -0.3 is 15.3 Å². The third kappa shape index (κ3) is 5.95. The lowest BCUT2D eigenvalue weighted by atomic mass is 9.88. The molecule has 0 spiro atoms. The van der Waals surface area contributed by atoms with Crippen LogP contribution in [0.2, 0.25) is 0 Å². The van der Waals surface area contributed by atoms with Crippen LogP contribution in [0.3, 0.4) is 0 Å². The first-order valence-electron chi connectivity index (χ1n) is 6.00. The number of urea groups is 1. The van der Waals surface area contributed by atoms with Crippen molar-refractivity contribution in [2.45, 2.75) is 47.1 Å². The van der Waals surface area contributed by atoms with Crippen LogP contribution in [0.1, 0.15) is 41.0 Å². The molecule has 0 heterocycles. The first-order chi connectivity index (χ1) is 7.34. The highest BCUT2D eigenvalue weighted by Crippen LogP contribution is 2.20. The number of hydrogen-bond donors (Lipinski definition) is 2. The normalized spacial score (nSPS) is 13.4. The van der Waals surface area contributed by atoms with Crippen molar-refractivity contribution in [1.29, 1.82) is 0 Å². The Morgan fingerprint density at radius 1 is 1.31 bits per heavy atom. The van der Waals surface area contributed by atoms with Crippen LogP contribution >= 0.6 is 0 Å². The van der Waals surface area contributed by atoms with Gasteiger partial charge in [-0.1, -0.05) is 20.8 Å². The lowest BCUT2D eigenvalue weighted by Crippen LogP contribution is -2.47. The van der Waals surface area contributed by atoms with Gasteiger partial charge in [-0.25, -0.2) is 4.79 Å². The second-order valence-electron chi connectivity index (χ2n) is 5.27. The van der Waals surface area contributed by atoms with Crippen molar-refractivity contribution >= 4 is 6.03 Å². The average Bonchev–Trinajstić information content (AvgIpc) is 2.16. The van der Waals surface area contributed by atoms with Crippen LogP contribution in [0.4, 0.5) is 4.79 Å². The summed E-state index contributed by atoms with van der Waals surface area (Å²) in [5, 5.41) is 12.1. The van der Waals surface area contributed by atoms with Gasteiger partial charge in [0.2, 0.25) is 0 Å². The van der Waals surface area contributed by atoms with Crippen molar-refractivity contribution in [2.75, 3.05) is 19.7 Å². The van der Waals surface area contributed by atoms with E-state index in [-0.39, 0.29) is 24.1 Å². The molecule has 1 unspecified atom stereocenters. The summed E-state index contributed by atoms with van der Waals surface area (Å²) >= 11 is 0. The molecule has 0 aliphatic heterocycles. The van der Waals surface area contributed by atoms with Gasteiger partial charge in [0.05, 0.1) is 12.6 Å². The SMILES string of the molecule is CCN(CC)C(=O)NC(CO)CC(C)(C)C. The largest absolute Gasteiger partial charge is 0.394 e. The predicted octanol–water partition coefficient (Wildman–Crippen LogP) is 1.83. The maximum atomic E-state index is 11.8. The minimum atomic E-state index is -0.159. The molecule has 0 saturated heterocycles. The van der Waals surface area contributed by atoms with Crippen molar-refractivity contribution in [3.63, 3.8) is 0 Å². The molecule has 2 N–H and O–H groups in total.